The van der Waals surface area contributed by atoms with Gasteiger partial charge < -0.3 is 10.6 Å². The molecule has 56 valence electrons. The first-order valence-electron chi connectivity index (χ1n) is 3.29. The number of nitrogen functional groups attached to an aromatic ring is 1. The molecule has 2 N–H and O–H groups in total. The van der Waals surface area contributed by atoms with Crippen LogP contribution in [-0.4, -0.2) is 10.8 Å². The molecule has 0 radical (unpaired) electrons. The van der Waals surface area contributed by atoms with Crippen LogP contribution < -0.4 is 10.6 Å². The molecule has 1 aromatic rings. The van der Waals surface area contributed by atoms with Gasteiger partial charge in [0.25, 0.3) is 0 Å². The predicted molar refractivity (Wildman–Crippen MR) is 40.6 cm³/mol. The van der Waals surface area contributed by atoms with E-state index < -0.39 is 0 Å². The molecule has 0 aliphatic rings. The molecule has 0 aromatic carbocycles. The fraction of sp³-hybridized carbons (Fsp3) is 0.429. The summed E-state index contributed by atoms with van der Waals surface area (Å²) >= 11 is 0. The summed E-state index contributed by atoms with van der Waals surface area (Å²) < 4.78 is 1.61. The largest absolute Gasteiger partial charge is 0.412 e. The van der Waals surface area contributed by atoms with Gasteiger partial charge in [0.1, 0.15) is 6.10 Å². The van der Waals surface area contributed by atoms with E-state index in [4.69, 9.17) is 10.6 Å². The van der Waals surface area contributed by atoms with Crippen molar-refractivity contribution < 1.29 is 4.84 Å². The normalized spacial score (nSPS) is 10.3. The monoisotopic (exact) mass is 140 g/mol. The molecular formula is C7H12N2O. The maximum Gasteiger partial charge on any atom is 0.119 e. The molecule has 0 amide bonds. The molecule has 0 spiro atoms. The number of aromatic nitrogens is 1. The third kappa shape index (κ3) is 1.69. The lowest BCUT2D eigenvalue weighted by Gasteiger charge is -2.08. The van der Waals surface area contributed by atoms with E-state index in [9.17, 15) is 0 Å². The summed E-state index contributed by atoms with van der Waals surface area (Å²) in [4.78, 5) is 5.27. The fourth-order valence-electron chi connectivity index (χ4n) is 0.702. The first-order chi connectivity index (χ1) is 4.68. The lowest BCUT2D eigenvalue weighted by atomic mass is 10.5. The molecule has 3 heteroatoms. The quantitative estimate of drug-likeness (QED) is 0.663. The molecule has 1 aromatic heterocycles. The lowest BCUT2D eigenvalue weighted by molar-refractivity contribution is 0.0607. The molecule has 3 nitrogen and oxygen atoms in total. The first kappa shape index (κ1) is 6.99. The van der Waals surface area contributed by atoms with E-state index >= 15 is 0 Å². The summed E-state index contributed by atoms with van der Waals surface area (Å²) in [5.41, 5.74) is 6.18. The Labute approximate surface area is 60.4 Å². The number of nitrogens with two attached hydrogens (primary N) is 1. The van der Waals surface area contributed by atoms with Crippen LogP contribution in [0, 0.1) is 0 Å². The molecule has 1 heterocycles. The van der Waals surface area contributed by atoms with Crippen molar-refractivity contribution >= 4 is 5.69 Å². The minimum absolute atomic E-state index is 0.187. The average Bonchev–Trinajstić information content (AvgIpc) is 2.13. The molecular weight excluding hydrogens is 128 g/mol. The molecule has 0 fully saturated rings. The van der Waals surface area contributed by atoms with E-state index in [2.05, 4.69) is 0 Å². The van der Waals surface area contributed by atoms with Crippen molar-refractivity contribution in [2.75, 3.05) is 5.73 Å². The highest BCUT2D eigenvalue weighted by Gasteiger charge is 1.94. The number of hydrogen-bond donors (Lipinski definition) is 1. The van der Waals surface area contributed by atoms with Gasteiger partial charge in [-0.1, -0.05) is 0 Å². The zero-order chi connectivity index (χ0) is 7.56. The summed E-state index contributed by atoms with van der Waals surface area (Å²) in [6, 6.07) is 1.79. The Morgan fingerprint density at radius 1 is 1.60 bits per heavy atom. The van der Waals surface area contributed by atoms with Crippen molar-refractivity contribution in [1.29, 1.82) is 0 Å². The zero-order valence-electron chi connectivity index (χ0n) is 6.24. The van der Waals surface area contributed by atoms with Gasteiger partial charge in [0.05, 0.1) is 11.9 Å². The average molecular weight is 140 g/mol. The number of rotatable bonds is 2. The minimum atomic E-state index is 0.187. The van der Waals surface area contributed by atoms with Gasteiger partial charge in [0.15, 0.2) is 0 Å². The Kier molecular flexibility index (Phi) is 1.85. The van der Waals surface area contributed by atoms with Crippen LogP contribution in [0.4, 0.5) is 5.69 Å². The van der Waals surface area contributed by atoms with Crippen LogP contribution in [0.2, 0.25) is 0 Å². The Morgan fingerprint density at radius 2 is 2.30 bits per heavy atom. The summed E-state index contributed by atoms with van der Waals surface area (Å²) in [6.07, 6.45) is 3.71. The highest BCUT2D eigenvalue weighted by Crippen LogP contribution is 2.00. The van der Waals surface area contributed by atoms with Gasteiger partial charge in [-0.15, -0.1) is 0 Å². The van der Waals surface area contributed by atoms with E-state index in [1.807, 2.05) is 13.8 Å². The van der Waals surface area contributed by atoms with Crippen LogP contribution in [0.5, 0.6) is 0 Å². The van der Waals surface area contributed by atoms with E-state index in [0.717, 1.165) is 5.69 Å². The molecule has 0 saturated heterocycles. The zero-order valence-corrected chi connectivity index (χ0v) is 6.24. The Bertz CT molecular complexity index is 205. The van der Waals surface area contributed by atoms with Crippen molar-refractivity contribution in [3.05, 3.63) is 18.5 Å². The second kappa shape index (κ2) is 2.64. The standard InChI is InChI=1S/C7H12N2O/c1-6(2)10-9-4-3-7(8)5-9/h3-6H,8H2,1-2H3. The van der Waals surface area contributed by atoms with Gasteiger partial charge >= 0.3 is 0 Å². The highest BCUT2D eigenvalue weighted by atomic mass is 16.7. The minimum Gasteiger partial charge on any atom is -0.412 e. The van der Waals surface area contributed by atoms with Gasteiger partial charge in [-0.25, -0.2) is 0 Å². The van der Waals surface area contributed by atoms with E-state index in [0.29, 0.717) is 0 Å². The summed E-state index contributed by atoms with van der Waals surface area (Å²) in [7, 11) is 0. The molecule has 0 saturated carbocycles. The molecule has 0 aliphatic heterocycles. The summed E-state index contributed by atoms with van der Waals surface area (Å²) in [5, 5.41) is 0. The van der Waals surface area contributed by atoms with Crippen molar-refractivity contribution in [1.82, 2.24) is 4.73 Å². The Balaban J connectivity index is 2.58. The number of nitrogens with zero attached hydrogens (tertiary/aromatic N) is 1. The maximum absolute atomic E-state index is 5.45. The van der Waals surface area contributed by atoms with Crippen LogP contribution in [0.25, 0.3) is 0 Å². The maximum atomic E-state index is 5.45. The van der Waals surface area contributed by atoms with E-state index in [1.54, 1.807) is 23.2 Å². The fourth-order valence-corrected chi connectivity index (χ4v) is 0.702. The lowest BCUT2D eigenvalue weighted by Crippen LogP contribution is -2.16. The van der Waals surface area contributed by atoms with Crippen LogP contribution in [-0.2, 0) is 0 Å². The van der Waals surface area contributed by atoms with Crippen LogP contribution in [0.3, 0.4) is 0 Å². The number of anilines is 1. The molecule has 1 rings (SSSR count). The second-order valence-electron chi connectivity index (χ2n) is 2.46. The SMILES string of the molecule is CC(C)On1ccc(N)c1. The van der Waals surface area contributed by atoms with Gasteiger partial charge in [-0.3, -0.25) is 0 Å². The third-order valence-electron chi connectivity index (χ3n) is 1.02. The summed E-state index contributed by atoms with van der Waals surface area (Å²) in [6.45, 7) is 3.94. The summed E-state index contributed by atoms with van der Waals surface area (Å²) in [5.74, 6) is 0. The van der Waals surface area contributed by atoms with E-state index in [1.165, 1.54) is 0 Å². The van der Waals surface area contributed by atoms with Gasteiger partial charge in [-0.2, -0.15) is 4.73 Å². The van der Waals surface area contributed by atoms with Gasteiger partial charge in [-0.05, 0) is 19.9 Å². The van der Waals surface area contributed by atoms with Gasteiger partial charge in [0.2, 0.25) is 0 Å². The topological polar surface area (TPSA) is 40.2 Å². The highest BCUT2D eigenvalue weighted by molar-refractivity contribution is 5.33. The number of hydrogen-bond acceptors (Lipinski definition) is 2. The van der Waals surface area contributed by atoms with Crippen molar-refractivity contribution in [2.24, 2.45) is 0 Å². The van der Waals surface area contributed by atoms with Crippen molar-refractivity contribution in [2.45, 2.75) is 20.0 Å². The van der Waals surface area contributed by atoms with Crippen LogP contribution in [0.1, 0.15) is 13.8 Å². The van der Waals surface area contributed by atoms with Crippen molar-refractivity contribution in [3.63, 3.8) is 0 Å². The Morgan fingerprint density at radius 3 is 2.70 bits per heavy atom. The molecule has 0 atom stereocenters. The van der Waals surface area contributed by atoms with Crippen LogP contribution in [0.15, 0.2) is 18.5 Å². The Hall–Kier alpha value is -1.12. The third-order valence-corrected chi connectivity index (χ3v) is 1.02. The van der Waals surface area contributed by atoms with Gasteiger partial charge in [0, 0.05) is 6.20 Å². The molecule has 0 bridgehead atoms. The molecule has 0 aliphatic carbocycles. The molecule has 0 unspecified atom stereocenters. The molecule has 10 heavy (non-hydrogen) atoms. The smallest absolute Gasteiger partial charge is 0.119 e. The van der Waals surface area contributed by atoms with Crippen molar-refractivity contribution in [3.8, 4) is 0 Å². The van der Waals surface area contributed by atoms with E-state index in [-0.39, 0.29) is 6.10 Å². The first-order valence-corrected chi connectivity index (χ1v) is 3.29. The second-order valence-corrected chi connectivity index (χ2v) is 2.46. The van der Waals surface area contributed by atoms with Crippen LogP contribution >= 0.6 is 0 Å². The predicted octanol–water partition coefficient (Wildman–Crippen LogP) is 0.907.